The Balaban J connectivity index is 1.51. The summed E-state index contributed by atoms with van der Waals surface area (Å²) in [5.41, 5.74) is 6.48. The van der Waals surface area contributed by atoms with E-state index in [9.17, 15) is 4.79 Å². The lowest BCUT2D eigenvalue weighted by atomic mass is 9.50. The fraction of sp³-hybridized carbons (Fsp3) is 0.536. The topological polar surface area (TPSA) is 51.4 Å². The highest BCUT2D eigenvalue weighted by molar-refractivity contribution is 5.80. The molecule has 3 saturated heterocycles. The molecular formula is C28H32N4O2. The maximum atomic E-state index is 13.2. The van der Waals surface area contributed by atoms with Crippen LogP contribution in [0.1, 0.15) is 56.3 Å². The predicted octanol–water partition coefficient (Wildman–Crippen LogP) is 3.58. The number of fused-ring (bicyclic) bond motifs is 1. The van der Waals surface area contributed by atoms with E-state index in [-0.39, 0.29) is 46.8 Å². The summed E-state index contributed by atoms with van der Waals surface area (Å²) in [7, 11) is 2.25. The molecule has 2 bridgehead atoms. The van der Waals surface area contributed by atoms with Gasteiger partial charge in [0.2, 0.25) is 5.91 Å². The summed E-state index contributed by atoms with van der Waals surface area (Å²) in [6, 6.07) is 15.9. The van der Waals surface area contributed by atoms with E-state index >= 15 is 0 Å². The number of hydrogen-bond acceptors (Lipinski definition) is 5. The van der Waals surface area contributed by atoms with Crippen molar-refractivity contribution in [2.45, 2.75) is 74.5 Å². The molecule has 6 heterocycles. The molecule has 8 rings (SSSR count). The largest absolute Gasteiger partial charge is 0.365 e. The standard InChI is InChI=1S/C28H32N4O2/c1-16(33)31-14-12-27-18-9-5-6-10-19(18)29-24-28(27)13-15-32(25(27)31)22(23-26(2,3)34-23)17-8-7-11-20(21(17)28)30(24)4/h5-11,22-25,29H,12-15H2,1-4H3/t22-,23-,24+,25+,27-,28-/m0/s1. The molecule has 1 unspecified atom stereocenters. The van der Waals surface area contributed by atoms with E-state index in [0.717, 1.165) is 25.9 Å². The van der Waals surface area contributed by atoms with E-state index in [1.54, 1.807) is 6.92 Å². The van der Waals surface area contributed by atoms with Crippen LogP contribution in [0.25, 0.3) is 0 Å². The monoisotopic (exact) mass is 456 g/mol. The number of anilines is 2. The summed E-state index contributed by atoms with van der Waals surface area (Å²) in [6.45, 7) is 7.96. The number of para-hydroxylation sites is 1. The van der Waals surface area contributed by atoms with Crippen LogP contribution in [-0.2, 0) is 20.4 Å². The third-order valence-electron chi connectivity index (χ3n) is 10.2. The molecule has 1 amide bonds. The normalized spacial score (nSPS) is 41.4. The Morgan fingerprint density at radius 2 is 1.82 bits per heavy atom. The van der Waals surface area contributed by atoms with Crippen LogP contribution in [0.3, 0.4) is 0 Å². The summed E-state index contributed by atoms with van der Waals surface area (Å²) >= 11 is 0. The average Bonchev–Trinajstić information content (AvgIpc) is 3.21. The summed E-state index contributed by atoms with van der Waals surface area (Å²) in [5, 5.41) is 3.99. The molecule has 2 spiro atoms. The quantitative estimate of drug-likeness (QED) is 0.665. The molecule has 6 aliphatic heterocycles. The fourth-order valence-corrected chi connectivity index (χ4v) is 9.05. The molecule has 1 N–H and O–H groups in total. The number of benzene rings is 2. The van der Waals surface area contributed by atoms with Gasteiger partial charge in [0.1, 0.15) is 12.3 Å². The first-order chi connectivity index (χ1) is 16.3. The maximum Gasteiger partial charge on any atom is 0.220 e. The molecule has 0 aromatic heterocycles. The Hall–Kier alpha value is -2.57. The van der Waals surface area contributed by atoms with Gasteiger partial charge in [0.05, 0.1) is 23.2 Å². The molecule has 6 heteroatoms. The maximum absolute atomic E-state index is 13.2. The van der Waals surface area contributed by atoms with Crippen LogP contribution in [0.15, 0.2) is 42.5 Å². The molecule has 0 aliphatic carbocycles. The fourth-order valence-electron chi connectivity index (χ4n) is 9.05. The minimum atomic E-state index is -0.160. The van der Waals surface area contributed by atoms with Gasteiger partial charge in [0, 0.05) is 43.9 Å². The lowest BCUT2D eigenvalue weighted by Gasteiger charge is -2.62. The van der Waals surface area contributed by atoms with E-state index < -0.39 is 0 Å². The Bertz CT molecular complexity index is 1270. The summed E-state index contributed by atoms with van der Waals surface area (Å²) in [6.07, 6.45) is 2.40. The Labute approximate surface area is 200 Å². The van der Waals surface area contributed by atoms with Gasteiger partial charge in [-0.1, -0.05) is 30.3 Å². The molecule has 7 atom stereocenters. The summed E-state index contributed by atoms with van der Waals surface area (Å²) < 4.78 is 6.38. The molecule has 6 nitrogen and oxygen atoms in total. The lowest BCUT2D eigenvalue weighted by Crippen LogP contribution is -2.73. The summed E-state index contributed by atoms with van der Waals surface area (Å²) in [4.78, 5) is 20.5. The Morgan fingerprint density at radius 1 is 1.06 bits per heavy atom. The number of amides is 1. The van der Waals surface area contributed by atoms with Crippen LogP contribution in [0.4, 0.5) is 11.4 Å². The summed E-state index contributed by atoms with van der Waals surface area (Å²) in [5.74, 6) is 0.184. The van der Waals surface area contributed by atoms with Crippen molar-refractivity contribution < 1.29 is 9.53 Å². The van der Waals surface area contributed by atoms with Crippen molar-refractivity contribution in [1.29, 1.82) is 0 Å². The molecule has 2 aromatic carbocycles. The number of nitrogens with zero attached hydrogens (tertiary/aromatic N) is 3. The zero-order valence-corrected chi connectivity index (χ0v) is 20.3. The first kappa shape index (κ1) is 19.7. The Kier molecular flexibility index (Phi) is 3.36. The Morgan fingerprint density at radius 3 is 2.59 bits per heavy atom. The van der Waals surface area contributed by atoms with Crippen LogP contribution in [-0.4, -0.2) is 59.9 Å². The van der Waals surface area contributed by atoms with E-state index in [1.165, 1.54) is 28.1 Å². The van der Waals surface area contributed by atoms with Gasteiger partial charge in [-0.25, -0.2) is 0 Å². The number of epoxide rings is 1. The number of likely N-dealkylation sites (N-methyl/N-ethyl adjacent to an activating group) is 1. The third-order valence-corrected chi connectivity index (χ3v) is 10.2. The molecule has 0 radical (unpaired) electrons. The van der Waals surface area contributed by atoms with Crippen molar-refractivity contribution in [3.05, 3.63) is 59.2 Å². The van der Waals surface area contributed by atoms with Gasteiger partial charge >= 0.3 is 0 Å². The number of rotatable bonds is 1. The van der Waals surface area contributed by atoms with Gasteiger partial charge in [-0.05, 0) is 55.5 Å². The second kappa shape index (κ2) is 5.80. The molecule has 34 heavy (non-hydrogen) atoms. The van der Waals surface area contributed by atoms with Crippen LogP contribution in [0.5, 0.6) is 0 Å². The second-order valence-corrected chi connectivity index (χ2v) is 11.8. The van der Waals surface area contributed by atoms with E-state index in [2.05, 4.69) is 83.4 Å². The van der Waals surface area contributed by atoms with Crippen molar-refractivity contribution >= 4 is 17.3 Å². The smallest absolute Gasteiger partial charge is 0.220 e. The first-order valence-corrected chi connectivity index (χ1v) is 12.8. The zero-order valence-electron chi connectivity index (χ0n) is 20.3. The molecule has 2 aromatic rings. The number of hydrogen-bond donors (Lipinski definition) is 1. The van der Waals surface area contributed by atoms with E-state index in [1.807, 2.05) is 0 Å². The van der Waals surface area contributed by atoms with E-state index in [0.29, 0.717) is 0 Å². The van der Waals surface area contributed by atoms with Crippen LogP contribution in [0.2, 0.25) is 0 Å². The number of ether oxygens (including phenoxy) is 1. The average molecular weight is 457 g/mol. The van der Waals surface area contributed by atoms with Crippen LogP contribution < -0.4 is 10.2 Å². The third kappa shape index (κ3) is 1.88. The number of carbonyl (C=O) groups is 1. The van der Waals surface area contributed by atoms with Gasteiger partial charge in [0.15, 0.2) is 0 Å². The number of nitrogens with one attached hydrogen (secondary N) is 1. The van der Waals surface area contributed by atoms with Crippen molar-refractivity contribution in [3.8, 4) is 0 Å². The zero-order chi connectivity index (χ0) is 23.2. The highest BCUT2D eigenvalue weighted by Gasteiger charge is 2.77. The van der Waals surface area contributed by atoms with Crippen molar-refractivity contribution in [3.63, 3.8) is 0 Å². The highest BCUT2D eigenvalue weighted by Crippen LogP contribution is 2.72. The predicted molar refractivity (Wildman–Crippen MR) is 131 cm³/mol. The highest BCUT2D eigenvalue weighted by atomic mass is 16.6. The van der Waals surface area contributed by atoms with Crippen LogP contribution >= 0.6 is 0 Å². The van der Waals surface area contributed by atoms with Gasteiger partial charge in [0.25, 0.3) is 0 Å². The minimum Gasteiger partial charge on any atom is -0.365 e. The van der Waals surface area contributed by atoms with Crippen molar-refractivity contribution in [2.24, 2.45) is 0 Å². The molecule has 3 fully saturated rings. The van der Waals surface area contributed by atoms with Crippen molar-refractivity contribution in [1.82, 2.24) is 9.80 Å². The number of likely N-dealkylation sites (tertiary alicyclic amines) is 1. The second-order valence-electron chi connectivity index (χ2n) is 11.8. The van der Waals surface area contributed by atoms with Gasteiger partial charge in [-0.15, -0.1) is 0 Å². The van der Waals surface area contributed by atoms with E-state index in [4.69, 9.17) is 4.74 Å². The van der Waals surface area contributed by atoms with Gasteiger partial charge < -0.3 is 19.9 Å². The van der Waals surface area contributed by atoms with Crippen LogP contribution in [0, 0.1) is 0 Å². The minimum absolute atomic E-state index is 0.0289. The molecule has 0 saturated carbocycles. The van der Waals surface area contributed by atoms with Gasteiger partial charge in [-0.3, -0.25) is 9.69 Å². The number of carbonyl (C=O) groups excluding carboxylic acids is 1. The lowest BCUT2D eigenvalue weighted by molar-refractivity contribution is -0.140. The molecule has 176 valence electrons. The van der Waals surface area contributed by atoms with Crippen molar-refractivity contribution in [2.75, 3.05) is 30.4 Å². The van der Waals surface area contributed by atoms with Gasteiger partial charge in [-0.2, -0.15) is 0 Å². The molecule has 6 aliphatic rings. The number of piperidine rings is 1. The SMILES string of the molecule is CC(=O)N1CC[C@@]23c4ccccc4N[C@@H]4N(C)c5cccc6c5[C@@]42CCN([C@@H]13)[C@@H]6[C@@H]1OC1(C)C. The molecular weight excluding hydrogens is 424 g/mol. The first-order valence-electron chi connectivity index (χ1n) is 12.8.